The molecule has 0 fully saturated rings. The van der Waals surface area contributed by atoms with E-state index < -0.39 is 0 Å². The Kier molecular flexibility index (Phi) is 5.85. The Morgan fingerprint density at radius 2 is 2.26 bits per heavy atom. The number of aromatic nitrogens is 1. The van der Waals surface area contributed by atoms with Crippen LogP contribution in [0.3, 0.4) is 0 Å². The second kappa shape index (κ2) is 6.93. The summed E-state index contributed by atoms with van der Waals surface area (Å²) in [4.78, 5) is 14.6. The number of carbonyl (C=O) groups is 1. The molecule has 19 heavy (non-hydrogen) atoms. The Balaban J connectivity index is 0.00000180. The topological polar surface area (TPSA) is 68.1 Å². The van der Waals surface area contributed by atoms with Crippen LogP contribution in [0.2, 0.25) is 0 Å². The highest BCUT2D eigenvalue weighted by Gasteiger charge is 2.16. The van der Waals surface area contributed by atoms with E-state index in [4.69, 9.17) is 10.5 Å². The van der Waals surface area contributed by atoms with Gasteiger partial charge in [0.2, 0.25) is 0 Å². The largest absolute Gasteiger partial charge is 0.466 e. The maximum Gasteiger partial charge on any atom is 0.307 e. The summed E-state index contributed by atoms with van der Waals surface area (Å²) in [5.41, 5.74) is 7.99. The fourth-order valence-electron chi connectivity index (χ4n) is 1.93. The molecule has 2 rings (SSSR count). The number of H-pyrrole nitrogens is 1. The number of hydrogen-bond acceptors (Lipinski definition) is 3. The third-order valence-corrected chi connectivity index (χ3v) is 3.26. The van der Waals surface area contributed by atoms with Crippen LogP contribution < -0.4 is 5.73 Å². The van der Waals surface area contributed by atoms with Crippen molar-refractivity contribution in [3.63, 3.8) is 0 Å². The zero-order chi connectivity index (χ0) is 13.1. The summed E-state index contributed by atoms with van der Waals surface area (Å²) in [6, 6.07) is 5.57. The molecule has 0 spiro atoms. The minimum atomic E-state index is -0.355. The van der Waals surface area contributed by atoms with Crippen molar-refractivity contribution in [3.8, 4) is 0 Å². The van der Waals surface area contributed by atoms with E-state index in [0.717, 1.165) is 20.9 Å². The van der Waals surface area contributed by atoms with E-state index in [-0.39, 0.29) is 30.8 Å². The number of aromatic amines is 1. The molecule has 4 nitrogen and oxygen atoms in total. The molecule has 0 saturated heterocycles. The van der Waals surface area contributed by atoms with Gasteiger partial charge in [0.1, 0.15) is 0 Å². The Labute approximate surface area is 126 Å². The molecule has 1 aromatic heterocycles. The van der Waals surface area contributed by atoms with Gasteiger partial charge in [0, 0.05) is 27.6 Å². The number of rotatable bonds is 4. The number of carbonyl (C=O) groups excluding carboxylic acids is 1. The maximum absolute atomic E-state index is 11.4. The average Bonchev–Trinajstić information content (AvgIpc) is 2.71. The molecule has 0 bridgehead atoms. The number of benzene rings is 1. The van der Waals surface area contributed by atoms with Crippen LogP contribution in [-0.2, 0) is 9.53 Å². The van der Waals surface area contributed by atoms with Gasteiger partial charge in [-0.15, -0.1) is 12.4 Å². The second-order valence-electron chi connectivity index (χ2n) is 4.05. The molecule has 0 radical (unpaired) electrons. The van der Waals surface area contributed by atoms with Crippen molar-refractivity contribution >= 4 is 45.2 Å². The molecule has 6 heteroatoms. The highest BCUT2D eigenvalue weighted by atomic mass is 79.9. The average molecular weight is 348 g/mol. The lowest BCUT2D eigenvalue weighted by Gasteiger charge is -2.10. The van der Waals surface area contributed by atoms with Crippen LogP contribution >= 0.6 is 28.3 Å². The Morgan fingerprint density at radius 3 is 2.95 bits per heavy atom. The van der Waals surface area contributed by atoms with Crippen LogP contribution in [0.5, 0.6) is 0 Å². The van der Waals surface area contributed by atoms with Gasteiger partial charge in [0.05, 0.1) is 13.0 Å². The fraction of sp³-hybridized carbons (Fsp3) is 0.308. The number of ether oxygens (including phenoxy) is 1. The first kappa shape index (κ1) is 16.0. The van der Waals surface area contributed by atoms with Crippen molar-refractivity contribution in [1.82, 2.24) is 4.98 Å². The molecule has 0 aliphatic carbocycles. The summed E-state index contributed by atoms with van der Waals surface area (Å²) in [5.74, 6) is -0.269. The molecule has 2 aromatic rings. The quantitative estimate of drug-likeness (QED) is 0.834. The third kappa shape index (κ3) is 3.72. The smallest absolute Gasteiger partial charge is 0.307 e. The molecule has 0 unspecified atom stereocenters. The minimum Gasteiger partial charge on any atom is -0.466 e. The van der Waals surface area contributed by atoms with Crippen LogP contribution in [-0.4, -0.2) is 17.6 Å². The van der Waals surface area contributed by atoms with E-state index in [1.165, 1.54) is 0 Å². The zero-order valence-electron chi connectivity index (χ0n) is 10.5. The van der Waals surface area contributed by atoms with Crippen LogP contribution in [0.25, 0.3) is 10.9 Å². The Hall–Kier alpha value is -1.04. The zero-order valence-corrected chi connectivity index (χ0v) is 12.9. The predicted octanol–water partition coefficient (Wildman–Crippen LogP) is 3.31. The van der Waals surface area contributed by atoms with Crippen molar-refractivity contribution < 1.29 is 9.53 Å². The first-order valence-electron chi connectivity index (χ1n) is 5.79. The van der Waals surface area contributed by atoms with Gasteiger partial charge in [-0.25, -0.2) is 0 Å². The van der Waals surface area contributed by atoms with Crippen molar-refractivity contribution in [2.45, 2.75) is 19.4 Å². The van der Waals surface area contributed by atoms with Gasteiger partial charge in [0.25, 0.3) is 0 Å². The Morgan fingerprint density at radius 1 is 1.53 bits per heavy atom. The minimum absolute atomic E-state index is 0. The molecule has 0 aliphatic heterocycles. The van der Waals surface area contributed by atoms with Crippen molar-refractivity contribution in [2.75, 3.05) is 6.61 Å². The van der Waals surface area contributed by atoms with Crippen LogP contribution in [0.1, 0.15) is 24.9 Å². The van der Waals surface area contributed by atoms with Gasteiger partial charge in [-0.1, -0.05) is 15.9 Å². The normalized spacial score (nSPS) is 11.9. The monoisotopic (exact) mass is 346 g/mol. The van der Waals surface area contributed by atoms with E-state index in [2.05, 4.69) is 20.9 Å². The third-order valence-electron chi connectivity index (χ3n) is 2.77. The van der Waals surface area contributed by atoms with Gasteiger partial charge >= 0.3 is 5.97 Å². The van der Waals surface area contributed by atoms with E-state index in [1.807, 2.05) is 24.4 Å². The van der Waals surface area contributed by atoms with E-state index in [0.29, 0.717) is 6.61 Å². The molecule has 1 heterocycles. The summed E-state index contributed by atoms with van der Waals surface area (Å²) in [6.07, 6.45) is 2.04. The van der Waals surface area contributed by atoms with Crippen LogP contribution in [0.4, 0.5) is 0 Å². The number of fused-ring (bicyclic) bond motifs is 1. The summed E-state index contributed by atoms with van der Waals surface area (Å²) >= 11 is 3.43. The first-order valence-corrected chi connectivity index (χ1v) is 6.59. The van der Waals surface area contributed by atoms with Gasteiger partial charge in [0.15, 0.2) is 0 Å². The van der Waals surface area contributed by atoms with Gasteiger partial charge in [-0.2, -0.15) is 0 Å². The fourth-order valence-corrected chi connectivity index (χ4v) is 2.29. The van der Waals surface area contributed by atoms with Crippen molar-refractivity contribution in [2.24, 2.45) is 5.73 Å². The number of nitrogens with one attached hydrogen (secondary N) is 1. The molecule has 1 aromatic carbocycles. The summed E-state index contributed by atoms with van der Waals surface area (Å²) in [7, 11) is 0. The molecular weight excluding hydrogens is 332 g/mol. The van der Waals surface area contributed by atoms with Crippen molar-refractivity contribution in [3.05, 3.63) is 34.4 Å². The van der Waals surface area contributed by atoms with Gasteiger partial charge in [-0.05, 0) is 30.7 Å². The molecule has 104 valence electrons. The SMILES string of the molecule is CCOC(=O)C[C@H](N)c1c[nH]c2ccc(Br)cc12.Cl. The predicted molar refractivity (Wildman–Crippen MR) is 81.4 cm³/mol. The maximum atomic E-state index is 11.4. The number of nitrogens with two attached hydrogens (primary N) is 1. The van der Waals surface area contributed by atoms with E-state index in [1.54, 1.807) is 6.92 Å². The summed E-state index contributed by atoms with van der Waals surface area (Å²) in [6.45, 7) is 2.16. The van der Waals surface area contributed by atoms with E-state index in [9.17, 15) is 4.79 Å². The molecule has 0 amide bonds. The molecule has 1 atom stereocenters. The highest BCUT2D eigenvalue weighted by molar-refractivity contribution is 9.10. The number of esters is 1. The lowest BCUT2D eigenvalue weighted by Crippen LogP contribution is -2.16. The lowest BCUT2D eigenvalue weighted by atomic mass is 10.0. The molecule has 0 aliphatic rings. The summed E-state index contributed by atoms with van der Waals surface area (Å²) in [5, 5.41) is 1.03. The Bertz CT molecular complexity index is 571. The number of halogens is 2. The first-order chi connectivity index (χ1) is 8.61. The highest BCUT2D eigenvalue weighted by Crippen LogP contribution is 2.27. The standard InChI is InChI=1S/C13H15BrN2O2.ClH/c1-2-18-13(17)6-11(15)10-7-16-12-4-3-8(14)5-9(10)12;/h3-5,7,11,16H,2,6,15H2,1H3;1H/t11-;/m0./s1. The van der Waals surface area contributed by atoms with Crippen LogP contribution in [0.15, 0.2) is 28.9 Å². The molecular formula is C13H16BrClN2O2. The second-order valence-corrected chi connectivity index (χ2v) is 4.97. The number of hydrogen-bond donors (Lipinski definition) is 2. The van der Waals surface area contributed by atoms with Gasteiger partial charge in [-0.3, -0.25) is 4.79 Å². The lowest BCUT2D eigenvalue weighted by molar-refractivity contribution is -0.143. The van der Waals surface area contributed by atoms with Crippen molar-refractivity contribution in [1.29, 1.82) is 0 Å². The van der Waals surface area contributed by atoms with Gasteiger partial charge < -0.3 is 15.5 Å². The van der Waals surface area contributed by atoms with Crippen LogP contribution in [0, 0.1) is 0 Å². The summed E-state index contributed by atoms with van der Waals surface area (Å²) < 4.78 is 5.89. The van der Waals surface area contributed by atoms with E-state index >= 15 is 0 Å². The molecule has 3 N–H and O–H groups in total. The molecule has 0 saturated carbocycles.